The third-order valence-corrected chi connectivity index (χ3v) is 3.48. The van der Waals surface area contributed by atoms with Gasteiger partial charge in [0.25, 0.3) is 0 Å². The van der Waals surface area contributed by atoms with Crippen molar-refractivity contribution in [2.24, 2.45) is 0 Å². The molecule has 0 fully saturated rings. The van der Waals surface area contributed by atoms with Crippen LogP contribution in [0.25, 0.3) is 11.4 Å². The molecule has 6 heteroatoms. The molecular formula is C18H17FN4O. The first-order valence-corrected chi connectivity index (χ1v) is 7.38. The van der Waals surface area contributed by atoms with Gasteiger partial charge < -0.3 is 15.8 Å². The molecule has 2 aromatic carbocycles. The fourth-order valence-electron chi connectivity index (χ4n) is 2.35. The monoisotopic (exact) mass is 324 g/mol. The predicted molar refractivity (Wildman–Crippen MR) is 92.9 cm³/mol. The van der Waals surface area contributed by atoms with Crippen LogP contribution >= 0.6 is 0 Å². The largest absolute Gasteiger partial charge is 0.495 e. The molecule has 0 amide bonds. The summed E-state index contributed by atoms with van der Waals surface area (Å²) in [6.07, 6.45) is 0. The molecule has 3 N–H and O–H groups in total. The predicted octanol–water partition coefficient (Wildman–Crippen LogP) is 3.93. The van der Waals surface area contributed by atoms with Gasteiger partial charge in [-0.3, -0.25) is 0 Å². The van der Waals surface area contributed by atoms with Crippen molar-refractivity contribution in [3.63, 3.8) is 0 Å². The number of anilines is 3. The summed E-state index contributed by atoms with van der Waals surface area (Å²) in [6.45, 7) is 1.98. The summed E-state index contributed by atoms with van der Waals surface area (Å²) < 4.78 is 19.3. The van der Waals surface area contributed by atoms with Gasteiger partial charge in [0.15, 0.2) is 5.82 Å². The second kappa shape index (κ2) is 6.54. The van der Waals surface area contributed by atoms with E-state index in [0.29, 0.717) is 17.1 Å². The van der Waals surface area contributed by atoms with Crippen LogP contribution in [0.3, 0.4) is 0 Å². The Kier molecular flexibility index (Phi) is 4.29. The zero-order valence-electron chi connectivity index (χ0n) is 13.4. The molecule has 0 aliphatic rings. The zero-order chi connectivity index (χ0) is 17.1. The molecule has 0 saturated heterocycles. The summed E-state index contributed by atoms with van der Waals surface area (Å²) in [6, 6.07) is 13.6. The topological polar surface area (TPSA) is 73.1 Å². The molecule has 3 aromatic rings. The van der Waals surface area contributed by atoms with Gasteiger partial charge in [-0.1, -0.05) is 18.2 Å². The number of benzene rings is 2. The van der Waals surface area contributed by atoms with Crippen LogP contribution in [-0.2, 0) is 0 Å². The van der Waals surface area contributed by atoms with Gasteiger partial charge in [-0.05, 0) is 36.8 Å². The van der Waals surface area contributed by atoms with E-state index in [0.717, 1.165) is 11.3 Å². The smallest absolute Gasteiger partial charge is 0.166 e. The third kappa shape index (κ3) is 3.27. The van der Waals surface area contributed by atoms with Crippen LogP contribution in [0.2, 0.25) is 0 Å². The van der Waals surface area contributed by atoms with Crippen molar-refractivity contribution in [3.05, 3.63) is 59.9 Å². The number of hydrogen-bond acceptors (Lipinski definition) is 5. The second-order valence-corrected chi connectivity index (χ2v) is 5.31. The molecule has 0 unspecified atom stereocenters. The highest BCUT2D eigenvalue weighted by Crippen LogP contribution is 2.29. The highest BCUT2D eigenvalue weighted by atomic mass is 19.1. The minimum atomic E-state index is -0.401. The molecule has 5 nitrogen and oxygen atoms in total. The van der Waals surface area contributed by atoms with E-state index in [1.165, 1.54) is 6.07 Å². The SMILES string of the molecule is COc1ccc(C)cc1Nc1cc(N)nc(-c2ccccc2F)n1. The second-order valence-electron chi connectivity index (χ2n) is 5.31. The average molecular weight is 324 g/mol. The van der Waals surface area contributed by atoms with Crippen LogP contribution in [-0.4, -0.2) is 17.1 Å². The maximum absolute atomic E-state index is 14.0. The number of hydrogen-bond donors (Lipinski definition) is 2. The highest BCUT2D eigenvalue weighted by molar-refractivity contribution is 5.68. The zero-order valence-corrected chi connectivity index (χ0v) is 13.4. The summed E-state index contributed by atoms with van der Waals surface area (Å²) in [5.41, 5.74) is 7.96. The van der Waals surface area contributed by atoms with Crippen LogP contribution in [0.5, 0.6) is 5.75 Å². The van der Waals surface area contributed by atoms with Gasteiger partial charge in [0.05, 0.1) is 18.4 Å². The molecule has 0 aliphatic carbocycles. The molecule has 1 heterocycles. The first-order chi connectivity index (χ1) is 11.6. The van der Waals surface area contributed by atoms with Crippen molar-refractivity contribution in [3.8, 4) is 17.1 Å². The normalized spacial score (nSPS) is 10.5. The standard InChI is InChI=1S/C18H17FN4O/c1-11-7-8-15(24-2)14(9-11)21-17-10-16(20)22-18(23-17)12-5-3-4-6-13(12)19/h3-10H,1-2H3,(H3,20,21,22,23). The van der Waals surface area contributed by atoms with E-state index in [1.807, 2.05) is 25.1 Å². The van der Waals surface area contributed by atoms with Gasteiger partial charge in [0.2, 0.25) is 0 Å². The Bertz CT molecular complexity index is 883. The molecule has 0 bridgehead atoms. The first kappa shape index (κ1) is 15.7. The maximum Gasteiger partial charge on any atom is 0.166 e. The summed E-state index contributed by atoms with van der Waals surface area (Å²) in [7, 11) is 1.59. The van der Waals surface area contributed by atoms with E-state index in [-0.39, 0.29) is 11.6 Å². The van der Waals surface area contributed by atoms with Gasteiger partial charge in [-0.15, -0.1) is 0 Å². The third-order valence-electron chi connectivity index (χ3n) is 3.48. The van der Waals surface area contributed by atoms with Gasteiger partial charge in [0.1, 0.15) is 23.2 Å². The lowest BCUT2D eigenvalue weighted by Crippen LogP contribution is -2.03. The van der Waals surface area contributed by atoms with Crippen molar-refractivity contribution >= 4 is 17.3 Å². The number of aromatic nitrogens is 2. The van der Waals surface area contributed by atoms with Gasteiger partial charge in [-0.25, -0.2) is 14.4 Å². The molecule has 0 aliphatic heterocycles. The van der Waals surface area contributed by atoms with Crippen LogP contribution < -0.4 is 15.8 Å². The number of nitrogens with two attached hydrogens (primary N) is 1. The van der Waals surface area contributed by atoms with Crippen molar-refractivity contribution in [1.82, 2.24) is 9.97 Å². The Morgan fingerprint density at radius 2 is 1.88 bits per heavy atom. The molecule has 0 spiro atoms. The Hall–Kier alpha value is -3.15. The average Bonchev–Trinajstić information content (AvgIpc) is 2.55. The van der Waals surface area contributed by atoms with Crippen molar-refractivity contribution < 1.29 is 9.13 Å². The number of aryl methyl sites for hydroxylation is 1. The van der Waals surface area contributed by atoms with Crippen LogP contribution in [0.1, 0.15) is 5.56 Å². The minimum Gasteiger partial charge on any atom is -0.495 e. The number of methoxy groups -OCH3 is 1. The van der Waals surface area contributed by atoms with E-state index in [2.05, 4.69) is 15.3 Å². The molecule has 0 saturated carbocycles. The summed E-state index contributed by atoms with van der Waals surface area (Å²) in [5.74, 6) is 1.21. The van der Waals surface area contributed by atoms with E-state index in [9.17, 15) is 4.39 Å². The van der Waals surface area contributed by atoms with E-state index >= 15 is 0 Å². The maximum atomic E-state index is 14.0. The summed E-state index contributed by atoms with van der Waals surface area (Å²) in [5, 5.41) is 3.16. The molecule has 1 aromatic heterocycles. The Labute approximate surface area is 139 Å². The van der Waals surface area contributed by atoms with E-state index in [4.69, 9.17) is 10.5 Å². The number of nitrogen functional groups attached to an aromatic ring is 1. The van der Waals surface area contributed by atoms with Crippen molar-refractivity contribution in [2.75, 3.05) is 18.2 Å². The molecule has 0 atom stereocenters. The van der Waals surface area contributed by atoms with Gasteiger partial charge in [-0.2, -0.15) is 0 Å². The van der Waals surface area contributed by atoms with Gasteiger partial charge in [0, 0.05) is 6.07 Å². The molecular weight excluding hydrogens is 307 g/mol. The quantitative estimate of drug-likeness (QED) is 0.761. The Morgan fingerprint density at radius 3 is 2.62 bits per heavy atom. The summed E-state index contributed by atoms with van der Waals surface area (Å²) >= 11 is 0. The number of nitrogens with one attached hydrogen (secondary N) is 1. The Morgan fingerprint density at radius 1 is 1.08 bits per heavy atom. The minimum absolute atomic E-state index is 0.224. The Balaban J connectivity index is 2.01. The van der Waals surface area contributed by atoms with Crippen LogP contribution in [0, 0.1) is 12.7 Å². The van der Waals surface area contributed by atoms with Crippen molar-refractivity contribution in [1.29, 1.82) is 0 Å². The van der Waals surface area contributed by atoms with Crippen molar-refractivity contribution in [2.45, 2.75) is 6.92 Å². The fourth-order valence-corrected chi connectivity index (χ4v) is 2.35. The molecule has 0 radical (unpaired) electrons. The highest BCUT2D eigenvalue weighted by Gasteiger charge is 2.11. The lowest BCUT2D eigenvalue weighted by molar-refractivity contribution is 0.416. The van der Waals surface area contributed by atoms with E-state index < -0.39 is 5.82 Å². The summed E-state index contributed by atoms with van der Waals surface area (Å²) in [4.78, 5) is 8.49. The lowest BCUT2D eigenvalue weighted by atomic mass is 10.2. The number of halogens is 1. The number of rotatable bonds is 4. The van der Waals surface area contributed by atoms with Crippen LogP contribution in [0.4, 0.5) is 21.7 Å². The lowest BCUT2D eigenvalue weighted by Gasteiger charge is -2.13. The number of ether oxygens (including phenoxy) is 1. The molecule has 3 rings (SSSR count). The fraction of sp³-hybridized carbons (Fsp3) is 0.111. The molecule has 122 valence electrons. The van der Waals surface area contributed by atoms with Crippen LogP contribution in [0.15, 0.2) is 48.5 Å². The molecule has 24 heavy (non-hydrogen) atoms. The first-order valence-electron chi connectivity index (χ1n) is 7.38. The van der Waals surface area contributed by atoms with E-state index in [1.54, 1.807) is 31.4 Å². The van der Waals surface area contributed by atoms with Gasteiger partial charge >= 0.3 is 0 Å². The number of nitrogens with zero attached hydrogens (tertiary/aromatic N) is 2.